The minimum atomic E-state index is -0.202. The highest BCUT2D eigenvalue weighted by atomic mass is 32.2. The Morgan fingerprint density at radius 1 is 1.26 bits per heavy atom. The zero-order chi connectivity index (χ0) is 19.4. The first-order valence-corrected chi connectivity index (χ1v) is 10.5. The smallest absolute Gasteiger partial charge is 0.251 e. The molecule has 5 heteroatoms. The lowest BCUT2D eigenvalue weighted by molar-refractivity contribution is 0.0934. The van der Waals surface area contributed by atoms with Crippen LogP contribution in [0.4, 0.5) is 4.39 Å². The molecule has 1 aliphatic heterocycles. The lowest BCUT2D eigenvalue weighted by Gasteiger charge is -2.26. The van der Waals surface area contributed by atoms with E-state index in [0.717, 1.165) is 30.8 Å². The SMILES string of the molecule is CCN(Cc1ccc(C(=O)NC2CCSc3c(F)cccc32)cc1)C(C)C. The molecule has 0 saturated heterocycles. The fraction of sp³-hybridized carbons (Fsp3) is 0.409. The summed E-state index contributed by atoms with van der Waals surface area (Å²) < 4.78 is 14.0. The molecule has 0 radical (unpaired) electrons. The van der Waals surface area contributed by atoms with E-state index in [-0.39, 0.29) is 17.8 Å². The van der Waals surface area contributed by atoms with E-state index in [9.17, 15) is 9.18 Å². The van der Waals surface area contributed by atoms with Crippen LogP contribution in [0.3, 0.4) is 0 Å². The first-order valence-electron chi connectivity index (χ1n) is 9.54. The van der Waals surface area contributed by atoms with Crippen LogP contribution in [0.25, 0.3) is 0 Å². The Labute approximate surface area is 165 Å². The summed E-state index contributed by atoms with van der Waals surface area (Å²) in [7, 11) is 0. The molecule has 2 aromatic rings. The number of hydrogen-bond donors (Lipinski definition) is 1. The summed E-state index contributed by atoms with van der Waals surface area (Å²) in [6, 6.07) is 13.2. The van der Waals surface area contributed by atoms with Crippen LogP contribution in [0.15, 0.2) is 47.4 Å². The molecule has 3 nitrogen and oxygen atoms in total. The van der Waals surface area contributed by atoms with Gasteiger partial charge in [-0.25, -0.2) is 4.39 Å². The van der Waals surface area contributed by atoms with Crippen molar-refractivity contribution in [3.63, 3.8) is 0 Å². The molecule has 2 aromatic carbocycles. The van der Waals surface area contributed by atoms with Crippen molar-refractivity contribution in [2.75, 3.05) is 12.3 Å². The van der Waals surface area contributed by atoms with Crippen LogP contribution in [0.2, 0.25) is 0 Å². The second-order valence-electron chi connectivity index (χ2n) is 7.18. The maximum absolute atomic E-state index is 14.0. The average molecular weight is 387 g/mol. The van der Waals surface area contributed by atoms with E-state index in [4.69, 9.17) is 0 Å². The number of nitrogens with one attached hydrogen (secondary N) is 1. The van der Waals surface area contributed by atoms with E-state index in [1.807, 2.05) is 30.3 Å². The fourth-order valence-electron chi connectivity index (χ4n) is 3.43. The normalized spacial score (nSPS) is 16.4. The van der Waals surface area contributed by atoms with Gasteiger partial charge in [0.05, 0.1) is 6.04 Å². The van der Waals surface area contributed by atoms with Gasteiger partial charge in [-0.2, -0.15) is 0 Å². The zero-order valence-corrected chi connectivity index (χ0v) is 17.0. The maximum Gasteiger partial charge on any atom is 0.251 e. The highest BCUT2D eigenvalue weighted by Gasteiger charge is 2.24. The number of amides is 1. The Morgan fingerprint density at radius 3 is 2.67 bits per heavy atom. The van der Waals surface area contributed by atoms with Gasteiger partial charge in [-0.1, -0.05) is 31.2 Å². The third kappa shape index (κ3) is 4.71. The molecule has 1 unspecified atom stereocenters. The molecule has 0 fully saturated rings. The summed E-state index contributed by atoms with van der Waals surface area (Å²) in [5, 5.41) is 3.08. The standard InChI is InChI=1S/C22H27FN2OS/c1-4-25(15(2)3)14-16-8-10-17(11-9-16)22(26)24-20-12-13-27-21-18(20)6-5-7-19(21)23/h5-11,15,20H,4,12-14H2,1-3H3,(H,24,26). The molecule has 144 valence electrons. The van der Waals surface area contributed by atoms with E-state index >= 15 is 0 Å². The summed E-state index contributed by atoms with van der Waals surface area (Å²) in [6.45, 7) is 8.41. The molecule has 0 bridgehead atoms. The van der Waals surface area contributed by atoms with Crippen LogP contribution in [0.1, 0.15) is 54.7 Å². The first kappa shape index (κ1) is 19.9. The zero-order valence-electron chi connectivity index (χ0n) is 16.2. The van der Waals surface area contributed by atoms with Crippen LogP contribution in [-0.2, 0) is 6.54 Å². The molecule has 0 aliphatic carbocycles. The van der Waals surface area contributed by atoms with Crippen LogP contribution >= 0.6 is 11.8 Å². The Morgan fingerprint density at radius 2 is 2.00 bits per heavy atom. The number of rotatable bonds is 6. The van der Waals surface area contributed by atoms with Crippen molar-refractivity contribution in [2.45, 2.75) is 50.7 Å². The largest absolute Gasteiger partial charge is 0.345 e. The number of benzene rings is 2. The van der Waals surface area contributed by atoms with Crippen molar-refractivity contribution in [3.05, 3.63) is 65.0 Å². The molecule has 27 heavy (non-hydrogen) atoms. The minimum Gasteiger partial charge on any atom is -0.345 e. The van der Waals surface area contributed by atoms with Crippen molar-refractivity contribution in [2.24, 2.45) is 0 Å². The van der Waals surface area contributed by atoms with Gasteiger partial charge in [0.1, 0.15) is 5.82 Å². The second-order valence-corrected chi connectivity index (χ2v) is 8.28. The number of nitrogens with zero attached hydrogens (tertiary/aromatic N) is 1. The molecule has 1 N–H and O–H groups in total. The Balaban J connectivity index is 1.68. The van der Waals surface area contributed by atoms with Crippen LogP contribution in [0, 0.1) is 5.82 Å². The van der Waals surface area contributed by atoms with E-state index in [1.54, 1.807) is 6.07 Å². The summed E-state index contributed by atoms with van der Waals surface area (Å²) in [5.41, 5.74) is 2.72. The van der Waals surface area contributed by atoms with Gasteiger partial charge in [0.2, 0.25) is 0 Å². The van der Waals surface area contributed by atoms with Gasteiger partial charge in [0, 0.05) is 28.8 Å². The molecular formula is C22H27FN2OS. The monoisotopic (exact) mass is 386 g/mol. The second kappa shape index (κ2) is 8.89. The number of hydrogen-bond acceptors (Lipinski definition) is 3. The van der Waals surface area contributed by atoms with E-state index in [0.29, 0.717) is 16.5 Å². The highest BCUT2D eigenvalue weighted by Crippen LogP contribution is 2.37. The Hall–Kier alpha value is -1.85. The van der Waals surface area contributed by atoms with Gasteiger partial charge in [-0.05, 0) is 56.1 Å². The molecule has 0 aromatic heterocycles. The van der Waals surface area contributed by atoms with Crippen LogP contribution < -0.4 is 5.32 Å². The average Bonchev–Trinajstić information content (AvgIpc) is 2.67. The Bertz CT molecular complexity index is 791. The van der Waals surface area contributed by atoms with E-state index in [1.165, 1.54) is 23.4 Å². The summed E-state index contributed by atoms with van der Waals surface area (Å²) >= 11 is 1.52. The summed E-state index contributed by atoms with van der Waals surface area (Å²) in [5.74, 6) is 0.496. The van der Waals surface area contributed by atoms with E-state index in [2.05, 4.69) is 31.0 Å². The van der Waals surface area contributed by atoms with E-state index < -0.39 is 0 Å². The summed E-state index contributed by atoms with van der Waals surface area (Å²) in [4.78, 5) is 15.7. The third-order valence-electron chi connectivity index (χ3n) is 5.07. The highest BCUT2D eigenvalue weighted by molar-refractivity contribution is 7.99. The van der Waals surface area contributed by atoms with Gasteiger partial charge in [0.25, 0.3) is 5.91 Å². The van der Waals surface area contributed by atoms with Gasteiger partial charge in [-0.3, -0.25) is 9.69 Å². The number of carbonyl (C=O) groups is 1. The van der Waals surface area contributed by atoms with Gasteiger partial charge in [-0.15, -0.1) is 11.8 Å². The molecule has 0 spiro atoms. The molecule has 1 heterocycles. The molecule has 1 atom stereocenters. The van der Waals surface area contributed by atoms with Crippen molar-refractivity contribution < 1.29 is 9.18 Å². The fourth-order valence-corrected chi connectivity index (χ4v) is 4.57. The molecule has 3 rings (SSSR count). The lowest BCUT2D eigenvalue weighted by atomic mass is 10.0. The quantitative estimate of drug-likeness (QED) is 0.756. The van der Waals surface area contributed by atoms with Crippen LogP contribution in [0.5, 0.6) is 0 Å². The predicted octanol–water partition coefficient (Wildman–Crippen LogP) is 5.02. The number of carbonyl (C=O) groups excluding carboxylic acids is 1. The maximum atomic E-state index is 14.0. The minimum absolute atomic E-state index is 0.107. The third-order valence-corrected chi connectivity index (χ3v) is 6.23. The van der Waals surface area contributed by atoms with Crippen molar-refractivity contribution in [3.8, 4) is 0 Å². The topological polar surface area (TPSA) is 32.3 Å². The predicted molar refractivity (Wildman–Crippen MR) is 110 cm³/mol. The van der Waals surface area contributed by atoms with Crippen molar-refractivity contribution >= 4 is 17.7 Å². The summed E-state index contributed by atoms with van der Waals surface area (Å²) in [6.07, 6.45) is 0.810. The lowest BCUT2D eigenvalue weighted by Crippen LogP contribution is -2.31. The first-order chi connectivity index (χ1) is 13.0. The molecule has 1 aliphatic rings. The number of fused-ring (bicyclic) bond motifs is 1. The van der Waals surface area contributed by atoms with Gasteiger partial charge in [0.15, 0.2) is 0 Å². The van der Waals surface area contributed by atoms with Crippen molar-refractivity contribution in [1.29, 1.82) is 0 Å². The number of halogens is 1. The van der Waals surface area contributed by atoms with Crippen LogP contribution in [-0.4, -0.2) is 29.1 Å². The van der Waals surface area contributed by atoms with Gasteiger partial charge < -0.3 is 5.32 Å². The molecule has 0 saturated carbocycles. The molecule has 1 amide bonds. The van der Waals surface area contributed by atoms with Crippen molar-refractivity contribution in [1.82, 2.24) is 10.2 Å². The number of thioether (sulfide) groups is 1. The Kier molecular flexibility index (Phi) is 6.55. The molecular weight excluding hydrogens is 359 g/mol. The van der Waals surface area contributed by atoms with Gasteiger partial charge >= 0.3 is 0 Å².